The zero-order valence-corrected chi connectivity index (χ0v) is 16.4. The van der Waals surface area contributed by atoms with Crippen molar-refractivity contribution in [1.82, 2.24) is 0 Å². The molecule has 4 heteroatoms. The van der Waals surface area contributed by atoms with E-state index in [4.69, 9.17) is 9.84 Å². The first-order valence-corrected chi connectivity index (χ1v) is 10.5. The van der Waals surface area contributed by atoms with Gasteiger partial charge in [0.2, 0.25) is 0 Å². The second kappa shape index (κ2) is 19.4. The average molecular weight is 357 g/mol. The molecule has 1 N–H and O–H groups in total. The van der Waals surface area contributed by atoms with E-state index in [1.807, 2.05) is 6.92 Å². The standard InChI is InChI=1S/C21H40O4/c1-2-25-19-15-17-20(22)16-13-11-9-7-5-3-4-6-8-10-12-14-18-21(23)24/h2-19H2,1H3,(H,23,24). The molecule has 0 rings (SSSR count). The summed E-state index contributed by atoms with van der Waals surface area (Å²) in [6, 6.07) is 0. The second-order valence-corrected chi connectivity index (χ2v) is 6.98. The third-order valence-corrected chi connectivity index (χ3v) is 4.54. The maximum absolute atomic E-state index is 11.7. The highest BCUT2D eigenvalue weighted by molar-refractivity contribution is 5.78. The number of hydrogen-bond acceptors (Lipinski definition) is 3. The molecule has 25 heavy (non-hydrogen) atoms. The summed E-state index contributed by atoms with van der Waals surface area (Å²) in [5.74, 6) is -0.283. The van der Waals surface area contributed by atoms with E-state index in [0.29, 0.717) is 25.2 Å². The number of carbonyl (C=O) groups is 2. The van der Waals surface area contributed by atoms with Gasteiger partial charge in [0.1, 0.15) is 5.78 Å². The predicted octanol–water partition coefficient (Wildman–Crippen LogP) is 5.92. The van der Waals surface area contributed by atoms with Crippen molar-refractivity contribution in [3.05, 3.63) is 0 Å². The van der Waals surface area contributed by atoms with Gasteiger partial charge in [0.15, 0.2) is 0 Å². The molecule has 0 aliphatic heterocycles. The first-order valence-electron chi connectivity index (χ1n) is 10.5. The minimum absolute atomic E-state index is 0.318. The van der Waals surface area contributed by atoms with Gasteiger partial charge in [-0.2, -0.15) is 0 Å². The molecule has 0 bridgehead atoms. The predicted molar refractivity (Wildman–Crippen MR) is 103 cm³/mol. The van der Waals surface area contributed by atoms with Crippen LogP contribution in [0.25, 0.3) is 0 Å². The molecule has 0 heterocycles. The fourth-order valence-electron chi connectivity index (χ4n) is 3.01. The highest BCUT2D eigenvalue weighted by atomic mass is 16.5. The van der Waals surface area contributed by atoms with Crippen LogP contribution >= 0.6 is 0 Å². The molecular formula is C21H40O4. The van der Waals surface area contributed by atoms with Crippen molar-refractivity contribution < 1.29 is 19.4 Å². The highest BCUT2D eigenvalue weighted by Crippen LogP contribution is 2.13. The van der Waals surface area contributed by atoms with E-state index in [1.54, 1.807) is 0 Å². The van der Waals surface area contributed by atoms with Crippen molar-refractivity contribution in [3.8, 4) is 0 Å². The zero-order chi connectivity index (χ0) is 18.6. The Balaban J connectivity index is 3.11. The van der Waals surface area contributed by atoms with Gasteiger partial charge >= 0.3 is 5.97 Å². The third-order valence-electron chi connectivity index (χ3n) is 4.54. The van der Waals surface area contributed by atoms with Crippen LogP contribution in [-0.2, 0) is 14.3 Å². The van der Waals surface area contributed by atoms with E-state index in [1.165, 1.54) is 57.8 Å². The van der Waals surface area contributed by atoms with Crippen molar-refractivity contribution in [2.75, 3.05) is 13.2 Å². The Hall–Kier alpha value is -0.900. The highest BCUT2D eigenvalue weighted by Gasteiger charge is 2.02. The van der Waals surface area contributed by atoms with Crippen molar-refractivity contribution in [1.29, 1.82) is 0 Å². The normalized spacial score (nSPS) is 10.9. The van der Waals surface area contributed by atoms with E-state index >= 15 is 0 Å². The Labute approximate surface area is 154 Å². The van der Waals surface area contributed by atoms with E-state index in [2.05, 4.69) is 0 Å². The maximum atomic E-state index is 11.7. The molecule has 0 unspecified atom stereocenters. The van der Waals surface area contributed by atoms with Gasteiger partial charge in [-0.1, -0.05) is 64.2 Å². The maximum Gasteiger partial charge on any atom is 0.303 e. The molecule has 148 valence electrons. The van der Waals surface area contributed by atoms with Crippen LogP contribution in [0.5, 0.6) is 0 Å². The zero-order valence-electron chi connectivity index (χ0n) is 16.4. The number of unbranched alkanes of at least 4 members (excludes halogenated alkanes) is 11. The Morgan fingerprint density at radius 2 is 1.04 bits per heavy atom. The van der Waals surface area contributed by atoms with E-state index in [9.17, 15) is 9.59 Å². The van der Waals surface area contributed by atoms with E-state index < -0.39 is 5.97 Å². The van der Waals surface area contributed by atoms with Crippen LogP contribution in [-0.4, -0.2) is 30.1 Å². The summed E-state index contributed by atoms with van der Waals surface area (Å²) in [6.45, 7) is 3.43. The smallest absolute Gasteiger partial charge is 0.303 e. The molecule has 4 nitrogen and oxygen atoms in total. The summed E-state index contributed by atoms with van der Waals surface area (Å²) in [7, 11) is 0. The van der Waals surface area contributed by atoms with Crippen molar-refractivity contribution in [2.45, 2.75) is 110 Å². The number of carboxylic acids is 1. The minimum atomic E-state index is -0.675. The Kier molecular flexibility index (Phi) is 18.7. The van der Waals surface area contributed by atoms with Gasteiger partial charge in [-0.25, -0.2) is 0 Å². The summed E-state index contributed by atoms with van der Waals surface area (Å²) in [6.07, 6.45) is 16.9. The molecule has 0 aromatic carbocycles. The summed E-state index contributed by atoms with van der Waals surface area (Å²) in [4.78, 5) is 22.0. The van der Waals surface area contributed by atoms with Crippen molar-refractivity contribution >= 4 is 11.8 Å². The van der Waals surface area contributed by atoms with Gasteiger partial charge in [0.25, 0.3) is 0 Å². The van der Waals surface area contributed by atoms with Crippen LogP contribution in [0.15, 0.2) is 0 Å². The molecule has 0 aromatic heterocycles. The van der Waals surface area contributed by atoms with Gasteiger partial charge in [-0.05, 0) is 26.2 Å². The lowest BCUT2D eigenvalue weighted by Gasteiger charge is -2.04. The lowest BCUT2D eigenvalue weighted by Crippen LogP contribution is -2.01. The molecule has 0 aliphatic rings. The first-order chi connectivity index (χ1) is 12.2. The van der Waals surface area contributed by atoms with Crippen molar-refractivity contribution in [3.63, 3.8) is 0 Å². The molecule has 0 aliphatic carbocycles. The Bertz CT molecular complexity index is 315. The third kappa shape index (κ3) is 21.1. The van der Waals surface area contributed by atoms with Crippen LogP contribution in [0.2, 0.25) is 0 Å². The van der Waals surface area contributed by atoms with Crippen LogP contribution in [0.3, 0.4) is 0 Å². The Morgan fingerprint density at radius 1 is 0.640 bits per heavy atom. The molecule has 0 saturated carbocycles. The van der Waals surface area contributed by atoms with E-state index in [-0.39, 0.29) is 0 Å². The lowest BCUT2D eigenvalue weighted by atomic mass is 10.0. The number of ether oxygens (including phenoxy) is 1. The summed E-state index contributed by atoms with van der Waals surface area (Å²) in [5.41, 5.74) is 0. The van der Waals surface area contributed by atoms with Crippen LogP contribution in [0.4, 0.5) is 0 Å². The number of Topliss-reactive ketones (excluding diaryl/α,β-unsaturated/α-hetero) is 1. The number of hydrogen-bond donors (Lipinski definition) is 1. The molecule has 0 amide bonds. The number of ketones is 1. The number of rotatable bonds is 20. The summed E-state index contributed by atoms with van der Waals surface area (Å²) >= 11 is 0. The number of aliphatic carboxylic acids is 1. The molecule has 0 spiro atoms. The second-order valence-electron chi connectivity index (χ2n) is 6.98. The fraction of sp³-hybridized carbons (Fsp3) is 0.905. The number of carboxylic acid groups (broad SMARTS) is 1. The summed E-state index contributed by atoms with van der Waals surface area (Å²) < 4.78 is 5.24. The molecule has 0 atom stereocenters. The first kappa shape index (κ1) is 24.1. The summed E-state index contributed by atoms with van der Waals surface area (Å²) in [5, 5.41) is 8.55. The molecule has 0 aromatic rings. The van der Waals surface area contributed by atoms with Gasteiger partial charge < -0.3 is 9.84 Å². The molecular weight excluding hydrogens is 316 g/mol. The Morgan fingerprint density at radius 3 is 1.48 bits per heavy atom. The lowest BCUT2D eigenvalue weighted by molar-refractivity contribution is -0.137. The molecule has 0 radical (unpaired) electrons. The van der Waals surface area contributed by atoms with Crippen LogP contribution in [0.1, 0.15) is 110 Å². The van der Waals surface area contributed by atoms with Crippen LogP contribution < -0.4 is 0 Å². The quantitative estimate of drug-likeness (QED) is 0.275. The SMILES string of the molecule is CCOCCCC(=O)CCCCCCCCCCCCCCC(=O)O. The van der Waals surface area contributed by atoms with Gasteiger partial charge in [0.05, 0.1) is 0 Å². The fourth-order valence-corrected chi connectivity index (χ4v) is 3.01. The van der Waals surface area contributed by atoms with E-state index in [0.717, 1.165) is 38.7 Å². The van der Waals surface area contributed by atoms with Gasteiger partial charge in [0, 0.05) is 32.5 Å². The van der Waals surface area contributed by atoms with Gasteiger partial charge in [-0.3, -0.25) is 9.59 Å². The average Bonchev–Trinajstić information content (AvgIpc) is 2.58. The number of carbonyl (C=O) groups excluding carboxylic acids is 1. The molecule has 0 fully saturated rings. The largest absolute Gasteiger partial charge is 0.481 e. The van der Waals surface area contributed by atoms with Crippen molar-refractivity contribution in [2.24, 2.45) is 0 Å². The van der Waals surface area contributed by atoms with Crippen LogP contribution in [0, 0.1) is 0 Å². The van der Waals surface area contributed by atoms with Gasteiger partial charge in [-0.15, -0.1) is 0 Å². The molecule has 0 saturated heterocycles. The topological polar surface area (TPSA) is 63.6 Å². The minimum Gasteiger partial charge on any atom is -0.481 e. The monoisotopic (exact) mass is 356 g/mol.